The first kappa shape index (κ1) is 26.2. The molecule has 0 aliphatic heterocycles. The Morgan fingerprint density at radius 3 is 2.21 bits per heavy atom. The molecule has 0 bridgehead atoms. The smallest absolute Gasteiger partial charge is 0.244 e. The maximum Gasteiger partial charge on any atom is 0.244 e. The molecule has 2 aromatic rings. The highest BCUT2D eigenvalue weighted by molar-refractivity contribution is 7.92. The van der Waals surface area contributed by atoms with Crippen LogP contribution < -0.4 is 14.4 Å². The molecule has 2 amide bonds. The number of hydrogen-bond acceptors (Lipinski definition) is 5. The summed E-state index contributed by atoms with van der Waals surface area (Å²) in [5, 5.41) is 2.90. The predicted molar refractivity (Wildman–Crippen MR) is 130 cm³/mol. The van der Waals surface area contributed by atoms with E-state index >= 15 is 0 Å². The van der Waals surface area contributed by atoms with Gasteiger partial charge in [-0.05, 0) is 38.0 Å². The van der Waals surface area contributed by atoms with Crippen LogP contribution in [0.25, 0.3) is 0 Å². The molecule has 180 valence electrons. The molecule has 0 radical (unpaired) electrons. The number of amides is 2. The van der Waals surface area contributed by atoms with Gasteiger partial charge in [-0.15, -0.1) is 0 Å². The van der Waals surface area contributed by atoms with Crippen LogP contribution in [0.15, 0.2) is 54.6 Å². The van der Waals surface area contributed by atoms with Gasteiger partial charge in [-0.3, -0.25) is 13.9 Å². The van der Waals surface area contributed by atoms with E-state index in [4.69, 9.17) is 4.74 Å². The molecule has 0 saturated heterocycles. The van der Waals surface area contributed by atoms with Crippen molar-refractivity contribution >= 4 is 27.5 Å². The summed E-state index contributed by atoms with van der Waals surface area (Å²) in [6.45, 7) is 5.19. The Kier molecular flexibility index (Phi) is 9.28. The van der Waals surface area contributed by atoms with Crippen molar-refractivity contribution in [2.24, 2.45) is 0 Å². The normalized spacial score (nSPS) is 13.0. The van der Waals surface area contributed by atoms with Gasteiger partial charge in [-0.1, -0.05) is 49.4 Å². The summed E-state index contributed by atoms with van der Waals surface area (Å²) in [4.78, 5) is 27.7. The van der Waals surface area contributed by atoms with E-state index in [2.05, 4.69) is 5.32 Å². The number of hydrogen-bond donors (Lipinski definition) is 1. The zero-order valence-electron chi connectivity index (χ0n) is 19.8. The van der Waals surface area contributed by atoms with Crippen molar-refractivity contribution in [1.82, 2.24) is 10.2 Å². The Morgan fingerprint density at radius 1 is 1.03 bits per heavy atom. The highest BCUT2D eigenvalue weighted by atomic mass is 32.2. The SMILES string of the molecule is CCC(C)NC(=O)C(C)N(Cc1ccccc1)C(=O)CN(c1ccccc1OC)S(C)(=O)=O. The molecule has 0 fully saturated rings. The molecule has 0 saturated carbocycles. The van der Waals surface area contributed by atoms with E-state index in [0.29, 0.717) is 5.75 Å². The maximum absolute atomic E-state index is 13.5. The zero-order valence-corrected chi connectivity index (χ0v) is 20.6. The van der Waals surface area contributed by atoms with Gasteiger partial charge in [0.1, 0.15) is 18.3 Å². The van der Waals surface area contributed by atoms with E-state index < -0.39 is 28.5 Å². The van der Waals surface area contributed by atoms with Gasteiger partial charge in [0, 0.05) is 12.6 Å². The van der Waals surface area contributed by atoms with Crippen LogP contribution in [0.4, 0.5) is 5.69 Å². The number of ether oxygens (including phenoxy) is 1. The molecule has 2 aromatic carbocycles. The van der Waals surface area contributed by atoms with Crippen LogP contribution in [-0.4, -0.2) is 57.1 Å². The number of rotatable bonds is 11. The summed E-state index contributed by atoms with van der Waals surface area (Å²) in [5.41, 5.74) is 1.09. The summed E-state index contributed by atoms with van der Waals surface area (Å²) in [6, 6.07) is 15.0. The molecule has 8 nitrogen and oxygen atoms in total. The largest absolute Gasteiger partial charge is 0.495 e. The molecule has 0 spiro atoms. The molecule has 2 atom stereocenters. The lowest BCUT2D eigenvalue weighted by Gasteiger charge is -2.32. The molecular formula is C24H33N3O5S. The van der Waals surface area contributed by atoms with Crippen molar-refractivity contribution in [3.05, 3.63) is 60.2 Å². The lowest BCUT2D eigenvalue weighted by Crippen LogP contribution is -2.52. The topological polar surface area (TPSA) is 96.0 Å². The lowest BCUT2D eigenvalue weighted by atomic mass is 10.1. The van der Waals surface area contributed by atoms with Gasteiger partial charge in [0.25, 0.3) is 0 Å². The Labute approximate surface area is 196 Å². The Hall–Kier alpha value is -3.07. The summed E-state index contributed by atoms with van der Waals surface area (Å²) < 4.78 is 31.6. The van der Waals surface area contributed by atoms with Gasteiger partial charge in [-0.25, -0.2) is 8.42 Å². The lowest BCUT2D eigenvalue weighted by molar-refractivity contribution is -0.139. The summed E-state index contributed by atoms with van der Waals surface area (Å²) in [5.74, 6) is -0.466. The molecule has 2 unspecified atom stereocenters. The standard InChI is InChI=1S/C24H33N3O5S/c1-6-18(2)25-24(29)19(3)26(16-20-12-8-7-9-13-20)23(28)17-27(33(5,30)31)21-14-10-11-15-22(21)32-4/h7-15,18-19H,6,16-17H2,1-5H3,(H,25,29). The van der Waals surface area contributed by atoms with E-state index in [0.717, 1.165) is 22.5 Å². The summed E-state index contributed by atoms with van der Waals surface area (Å²) >= 11 is 0. The van der Waals surface area contributed by atoms with Gasteiger partial charge in [0.2, 0.25) is 21.8 Å². The van der Waals surface area contributed by atoms with E-state index in [1.807, 2.05) is 44.2 Å². The van der Waals surface area contributed by atoms with Gasteiger partial charge in [-0.2, -0.15) is 0 Å². The molecular weight excluding hydrogens is 442 g/mol. The maximum atomic E-state index is 13.5. The second-order valence-corrected chi connectivity index (χ2v) is 9.85. The third-order valence-corrected chi connectivity index (χ3v) is 6.52. The molecule has 0 aromatic heterocycles. The monoisotopic (exact) mass is 475 g/mol. The van der Waals surface area contributed by atoms with Crippen molar-refractivity contribution < 1.29 is 22.7 Å². The number of anilines is 1. The molecule has 0 aliphatic carbocycles. The first-order valence-corrected chi connectivity index (χ1v) is 12.7. The van der Waals surface area contributed by atoms with Crippen LogP contribution in [0.5, 0.6) is 5.75 Å². The number of carbonyl (C=O) groups excluding carboxylic acids is 2. The molecule has 0 heterocycles. The van der Waals surface area contributed by atoms with Crippen LogP contribution >= 0.6 is 0 Å². The molecule has 33 heavy (non-hydrogen) atoms. The first-order valence-electron chi connectivity index (χ1n) is 10.8. The van der Waals surface area contributed by atoms with E-state index in [-0.39, 0.29) is 24.2 Å². The first-order chi connectivity index (χ1) is 15.6. The third kappa shape index (κ3) is 7.21. The minimum absolute atomic E-state index is 0.0466. The average molecular weight is 476 g/mol. The average Bonchev–Trinajstić information content (AvgIpc) is 2.80. The predicted octanol–water partition coefficient (Wildman–Crippen LogP) is 2.79. The zero-order chi connectivity index (χ0) is 24.6. The number of nitrogens with zero attached hydrogens (tertiary/aromatic N) is 2. The van der Waals surface area contributed by atoms with E-state index in [1.165, 1.54) is 12.0 Å². The Morgan fingerprint density at radius 2 is 1.64 bits per heavy atom. The number of sulfonamides is 1. The van der Waals surface area contributed by atoms with Crippen LogP contribution in [0.2, 0.25) is 0 Å². The number of nitrogens with one attached hydrogen (secondary N) is 1. The van der Waals surface area contributed by atoms with Gasteiger partial charge >= 0.3 is 0 Å². The Bertz CT molecular complexity index is 1040. The molecule has 0 aliphatic rings. The summed E-state index contributed by atoms with van der Waals surface area (Å²) in [7, 11) is -2.38. The Balaban J connectivity index is 2.39. The van der Waals surface area contributed by atoms with Gasteiger partial charge in [0.15, 0.2) is 0 Å². The second-order valence-electron chi connectivity index (χ2n) is 7.94. The minimum Gasteiger partial charge on any atom is -0.495 e. The summed E-state index contributed by atoms with van der Waals surface area (Å²) in [6.07, 6.45) is 1.79. The van der Waals surface area contributed by atoms with Crippen molar-refractivity contribution in [1.29, 1.82) is 0 Å². The molecule has 9 heteroatoms. The number of carbonyl (C=O) groups is 2. The van der Waals surface area contributed by atoms with Gasteiger partial charge in [0.05, 0.1) is 19.1 Å². The van der Waals surface area contributed by atoms with Crippen LogP contribution in [-0.2, 0) is 26.2 Å². The highest BCUT2D eigenvalue weighted by Gasteiger charge is 2.31. The van der Waals surface area contributed by atoms with Crippen molar-refractivity contribution in [2.45, 2.75) is 45.8 Å². The molecule has 2 rings (SSSR count). The van der Waals surface area contributed by atoms with Crippen molar-refractivity contribution in [2.75, 3.05) is 24.2 Å². The van der Waals surface area contributed by atoms with Crippen molar-refractivity contribution in [3.63, 3.8) is 0 Å². The van der Waals surface area contributed by atoms with Crippen LogP contribution in [0.1, 0.15) is 32.8 Å². The fourth-order valence-electron chi connectivity index (χ4n) is 3.26. The highest BCUT2D eigenvalue weighted by Crippen LogP contribution is 2.29. The second kappa shape index (κ2) is 11.7. The quantitative estimate of drug-likeness (QED) is 0.539. The van der Waals surface area contributed by atoms with Gasteiger partial charge < -0.3 is 15.0 Å². The van der Waals surface area contributed by atoms with Crippen LogP contribution in [0, 0.1) is 0 Å². The number of benzene rings is 2. The van der Waals surface area contributed by atoms with Crippen molar-refractivity contribution in [3.8, 4) is 5.75 Å². The minimum atomic E-state index is -3.82. The number of methoxy groups -OCH3 is 1. The fraction of sp³-hybridized carbons (Fsp3) is 0.417. The fourth-order valence-corrected chi connectivity index (χ4v) is 4.11. The number of para-hydroxylation sites is 2. The molecule has 1 N–H and O–H groups in total. The van der Waals surface area contributed by atoms with E-state index in [9.17, 15) is 18.0 Å². The third-order valence-electron chi connectivity index (χ3n) is 5.40. The van der Waals surface area contributed by atoms with E-state index in [1.54, 1.807) is 31.2 Å². The van der Waals surface area contributed by atoms with Crippen LogP contribution in [0.3, 0.4) is 0 Å².